The number of methoxy groups -OCH3 is 1. The fraction of sp³-hybridized carbons (Fsp3) is 0.200. The van der Waals surface area contributed by atoms with Gasteiger partial charge in [0.05, 0.1) is 24.6 Å². The minimum Gasteiger partial charge on any atom is -0.497 e. The average Bonchev–Trinajstić information content (AvgIpc) is 3.25. The lowest BCUT2D eigenvalue weighted by Crippen LogP contribution is -2.23. The van der Waals surface area contributed by atoms with E-state index in [9.17, 15) is 4.79 Å². The number of rotatable bonds is 6. The number of hydrazone groups is 1. The maximum absolute atomic E-state index is 12.1. The molecule has 0 radical (unpaired) electrons. The second kappa shape index (κ2) is 8.82. The summed E-state index contributed by atoms with van der Waals surface area (Å²) in [5.41, 5.74) is 4.93. The summed E-state index contributed by atoms with van der Waals surface area (Å²) in [5.74, 6) is 0.768. The molecule has 1 unspecified atom stereocenters. The van der Waals surface area contributed by atoms with Crippen LogP contribution in [0.5, 0.6) is 5.75 Å². The largest absolute Gasteiger partial charge is 0.497 e. The molecule has 0 saturated heterocycles. The maximum Gasteiger partial charge on any atom is 0.251 e. The van der Waals surface area contributed by atoms with Crippen LogP contribution in [0.4, 0.5) is 5.69 Å². The van der Waals surface area contributed by atoms with E-state index < -0.39 is 0 Å². The Kier molecular flexibility index (Phi) is 5.80. The molecule has 0 fully saturated rings. The van der Waals surface area contributed by atoms with Crippen LogP contribution in [0.25, 0.3) is 0 Å². The molecule has 3 aromatic rings. The minimum absolute atomic E-state index is 0.0642. The number of nitrogens with zero attached hydrogens (tertiary/aromatic N) is 2. The van der Waals surface area contributed by atoms with Crippen molar-refractivity contribution < 1.29 is 9.53 Å². The van der Waals surface area contributed by atoms with E-state index in [4.69, 9.17) is 9.84 Å². The van der Waals surface area contributed by atoms with Crippen molar-refractivity contribution in [1.82, 2.24) is 5.32 Å². The summed E-state index contributed by atoms with van der Waals surface area (Å²) in [6.07, 6.45) is 0.800. The second-order valence-corrected chi connectivity index (χ2v) is 7.16. The number of anilines is 1. The van der Waals surface area contributed by atoms with Gasteiger partial charge in [-0.05, 0) is 54.4 Å². The van der Waals surface area contributed by atoms with Crippen molar-refractivity contribution in [2.75, 3.05) is 18.7 Å². The van der Waals surface area contributed by atoms with Crippen LogP contribution in [0.1, 0.15) is 40.9 Å². The van der Waals surface area contributed by atoms with Gasteiger partial charge >= 0.3 is 0 Å². The van der Waals surface area contributed by atoms with Gasteiger partial charge in [0, 0.05) is 18.5 Å². The molecule has 152 valence electrons. The summed E-state index contributed by atoms with van der Waals surface area (Å²) < 4.78 is 5.31. The van der Waals surface area contributed by atoms with Gasteiger partial charge in [0.25, 0.3) is 5.91 Å². The molecule has 1 amide bonds. The Balaban J connectivity index is 1.68. The van der Waals surface area contributed by atoms with Crippen LogP contribution in [0.2, 0.25) is 0 Å². The summed E-state index contributed by atoms with van der Waals surface area (Å²) in [7, 11) is 1.67. The number of ether oxygens (including phenoxy) is 1. The summed E-state index contributed by atoms with van der Waals surface area (Å²) >= 11 is 0. The highest BCUT2D eigenvalue weighted by Crippen LogP contribution is 2.37. The third kappa shape index (κ3) is 4.06. The number of benzene rings is 3. The SMILES string of the molecule is CCNC(=O)c1ccc(N2N=C(c3ccccc3)CC2c2ccc(OC)cc2)cc1. The number of carbonyl (C=O) groups excluding carboxylic acids is 1. The monoisotopic (exact) mass is 399 g/mol. The van der Waals surface area contributed by atoms with Gasteiger partial charge in [-0.3, -0.25) is 9.80 Å². The van der Waals surface area contributed by atoms with Gasteiger partial charge in [0.15, 0.2) is 0 Å². The zero-order valence-electron chi connectivity index (χ0n) is 17.2. The molecular formula is C25H25N3O2. The van der Waals surface area contributed by atoms with Gasteiger partial charge in [-0.15, -0.1) is 0 Å². The van der Waals surface area contributed by atoms with Crippen LogP contribution in [-0.4, -0.2) is 25.3 Å². The van der Waals surface area contributed by atoms with E-state index in [2.05, 4.69) is 29.6 Å². The van der Waals surface area contributed by atoms with Gasteiger partial charge in [-0.2, -0.15) is 5.10 Å². The van der Waals surface area contributed by atoms with Gasteiger partial charge < -0.3 is 10.1 Å². The first-order valence-electron chi connectivity index (χ1n) is 10.1. The normalized spacial score (nSPS) is 15.6. The van der Waals surface area contributed by atoms with E-state index in [1.165, 1.54) is 5.56 Å². The molecule has 1 N–H and O–H groups in total. The fourth-order valence-corrected chi connectivity index (χ4v) is 3.67. The molecule has 0 aliphatic carbocycles. The highest BCUT2D eigenvalue weighted by atomic mass is 16.5. The lowest BCUT2D eigenvalue weighted by Gasteiger charge is -2.24. The van der Waals surface area contributed by atoms with Crippen molar-refractivity contribution in [2.45, 2.75) is 19.4 Å². The Morgan fingerprint density at radius 2 is 1.73 bits per heavy atom. The van der Waals surface area contributed by atoms with E-state index in [0.717, 1.165) is 29.1 Å². The van der Waals surface area contributed by atoms with E-state index >= 15 is 0 Å². The Labute approximate surface area is 177 Å². The van der Waals surface area contributed by atoms with Gasteiger partial charge in [0.1, 0.15) is 5.75 Å². The molecule has 1 aliphatic rings. The van der Waals surface area contributed by atoms with Crippen molar-refractivity contribution in [3.05, 3.63) is 95.6 Å². The Bertz CT molecular complexity index is 1030. The molecule has 0 spiro atoms. The Morgan fingerprint density at radius 1 is 1.03 bits per heavy atom. The first-order valence-corrected chi connectivity index (χ1v) is 10.1. The molecular weight excluding hydrogens is 374 g/mol. The van der Waals surface area contributed by atoms with Crippen LogP contribution in [-0.2, 0) is 0 Å². The van der Waals surface area contributed by atoms with E-state index in [1.807, 2.05) is 66.5 Å². The third-order valence-electron chi connectivity index (χ3n) is 5.25. The number of carbonyl (C=O) groups is 1. The number of hydrogen-bond acceptors (Lipinski definition) is 4. The second-order valence-electron chi connectivity index (χ2n) is 7.16. The quantitative estimate of drug-likeness (QED) is 0.648. The summed E-state index contributed by atoms with van der Waals surface area (Å²) in [6, 6.07) is 26.1. The number of hydrogen-bond donors (Lipinski definition) is 1. The van der Waals surface area contributed by atoms with Crippen molar-refractivity contribution in [3.63, 3.8) is 0 Å². The smallest absolute Gasteiger partial charge is 0.251 e. The van der Waals surface area contributed by atoms with E-state index in [0.29, 0.717) is 12.1 Å². The molecule has 1 heterocycles. The predicted octanol–water partition coefficient (Wildman–Crippen LogP) is 4.80. The lowest BCUT2D eigenvalue weighted by atomic mass is 9.98. The number of nitrogens with one attached hydrogen (secondary N) is 1. The van der Waals surface area contributed by atoms with Crippen molar-refractivity contribution >= 4 is 17.3 Å². The number of amides is 1. The summed E-state index contributed by atoms with van der Waals surface area (Å²) in [4.78, 5) is 12.1. The van der Waals surface area contributed by atoms with Crippen molar-refractivity contribution in [3.8, 4) is 5.75 Å². The summed E-state index contributed by atoms with van der Waals surface area (Å²) in [5, 5.41) is 9.84. The molecule has 5 heteroatoms. The molecule has 30 heavy (non-hydrogen) atoms. The van der Waals surface area contributed by atoms with Crippen LogP contribution < -0.4 is 15.1 Å². The third-order valence-corrected chi connectivity index (χ3v) is 5.25. The molecule has 0 aromatic heterocycles. The molecule has 3 aromatic carbocycles. The topological polar surface area (TPSA) is 53.9 Å². The average molecular weight is 399 g/mol. The highest BCUT2D eigenvalue weighted by molar-refractivity contribution is 6.03. The molecule has 1 atom stereocenters. The van der Waals surface area contributed by atoms with Crippen LogP contribution in [0, 0.1) is 0 Å². The van der Waals surface area contributed by atoms with Gasteiger partial charge in [-0.25, -0.2) is 0 Å². The predicted molar refractivity (Wildman–Crippen MR) is 120 cm³/mol. The van der Waals surface area contributed by atoms with Gasteiger partial charge in [-0.1, -0.05) is 42.5 Å². The summed E-state index contributed by atoms with van der Waals surface area (Å²) in [6.45, 7) is 2.52. The van der Waals surface area contributed by atoms with Crippen LogP contribution in [0.15, 0.2) is 84.0 Å². The zero-order chi connectivity index (χ0) is 20.9. The molecule has 1 aliphatic heterocycles. The minimum atomic E-state index is -0.0642. The van der Waals surface area contributed by atoms with Crippen molar-refractivity contribution in [1.29, 1.82) is 0 Å². The Hall–Kier alpha value is -3.60. The van der Waals surface area contributed by atoms with E-state index in [-0.39, 0.29) is 11.9 Å². The molecule has 0 saturated carbocycles. The fourth-order valence-electron chi connectivity index (χ4n) is 3.67. The lowest BCUT2D eigenvalue weighted by molar-refractivity contribution is 0.0956. The zero-order valence-corrected chi connectivity index (χ0v) is 17.2. The first kappa shape index (κ1) is 19.7. The highest BCUT2D eigenvalue weighted by Gasteiger charge is 2.30. The van der Waals surface area contributed by atoms with E-state index in [1.54, 1.807) is 7.11 Å². The van der Waals surface area contributed by atoms with Crippen LogP contribution in [0.3, 0.4) is 0 Å². The van der Waals surface area contributed by atoms with Gasteiger partial charge in [0.2, 0.25) is 0 Å². The standard InChI is InChI=1S/C25H25N3O2/c1-3-26-25(29)20-9-13-21(14-10-20)28-24(19-11-15-22(30-2)16-12-19)17-23(27-28)18-7-5-4-6-8-18/h4-16,24H,3,17H2,1-2H3,(H,26,29). The van der Waals surface area contributed by atoms with Crippen LogP contribution >= 0.6 is 0 Å². The molecule has 0 bridgehead atoms. The van der Waals surface area contributed by atoms with Crippen molar-refractivity contribution in [2.24, 2.45) is 5.10 Å². The Morgan fingerprint density at radius 3 is 2.37 bits per heavy atom. The maximum atomic E-state index is 12.1. The molecule has 5 nitrogen and oxygen atoms in total. The first-order chi connectivity index (χ1) is 14.7. The molecule has 4 rings (SSSR count).